The minimum Gasteiger partial charge on any atom is -0.479 e. The minimum absolute atomic E-state index is 0.743. The van der Waals surface area contributed by atoms with Gasteiger partial charge >= 0.3 is 17.9 Å². The third-order valence-corrected chi connectivity index (χ3v) is 20.1. The molecule has 8 aliphatic heterocycles. The number of hydrogen-bond donors (Lipinski definition) is 24. The highest BCUT2D eigenvalue weighted by Gasteiger charge is 2.60. The fourth-order valence-corrected chi connectivity index (χ4v) is 14.8. The van der Waals surface area contributed by atoms with Gasteiger partial charge in [0.2, 0.25) is 41.4 Å². The van der Waals surface area contributed by atoms with E-state index >= 15 is 0 Å². The lowest BCUT2D eigenvalue weighted by atomic mass is 9.91. The van der Waals surface area contributed by atoms with Crippen LogP contribution in [0, 0.1) is 0 Å². The first-order valence-corrected chi connectivity index (χ1v) is 36.0. The molecule has 0 spiro atoms. The number of nitrogens with one attached hydrogen (secondary N) is 9. The SMILES string of the molecule is CN[C@@H]1[C@H](O[C@@H]2O[C@H](C(=O)O)[C@@H](O[C@H]3O[C@H](CO[C@@H]4O[C@H](C)[C@H](NC)[C@H](O[C@@H]5O[C@H](C(=O)O)[C@@H](O)[C@H](NC(C)=O)[C@@H]5NC(C)=O)[C@H]4NC(C)=O)[C@@H](O)[C@H](O)[C@H]3NC(C)=O)[C@H](NC(C)=O)[C@@H]2NC(C)=O)[C@@H](NC(C)=O)[C@H](OC[C@H]2O[C@H](O[C@H]3[C@H](O)[C@@H](O)[C@@H](O)O[C@@H]3CO[C@H]3O[C@H](C(=O)O)[C@H](O)[C@H](O)[C@H]3N)[C@H](N)[C@@H](O)[C@@H]2O)O[C@@H]1C. The zero-order valence-corrected chi connectivity index (χ0v) is 62.9. The van der Waals surface area contributed by atoms with Crippen molar-refractivity contribution < 1.29 is 185 Å². The van der Waals surface area contributed by atoms with Crippen molar-refractivity contribution in [2.24, 2.45) is 11.5 Å². The summed E-state index contributed by atoms with van der Waals surface area (Å²) in [6.07, 6.45) is -54.2. The number of carboxylic acids is 3. The molecule has 0 radical (unpaired) electrons. The summed E-state index contributed by atoms with van der Waals surface area (Å²) >= 11 is 0. The van der Waals surface area contributed by atoms with Crippen molar-refractivity contribution in [3.8, 4) is 0 Å². The molecule has 8 aliphatic rings. The van der Waals surface area contributed by atoms with Crippen molar-refractivity contribution in [1.82, 2.24) is 47.9 Å². The Morgan fingerprint density at radius 1 is 0.301 bits per heavy atom. The van der Waals surface area contributed by atoms with Crippen LogP contribution in [0.25, 0.3) is 0 Å². The van der Waals surface area contributed by atoms with Gasteiger partial charge in [-0.15, -0.1) is 0 Å². The molecule has 0 bridgehead atoms. The molecule has 644 valence electrons. The number of aliphatic carboxylic acids is 3. The third kappa shape index (κ3) is 21.7. The third-order valence-electron chi connectivity index (χ3n) is 20.1. The molecule has 0 aromatic carbocycles. The van der Waals surface area contributed by atoms with Gasteiger partial charge in [0.15, 0.2) is 68.6 Å². The quantitative estimate of drug-likeness (QED) is 0.0331. The van der Waals surface area contributed by atoms with E-state index in [0.29, 0.717) is 0 Å². The van der Waals surface area contributed by atoms with Gasteiger partial charge in [-0.1, -0.05) is 0 Å². The second-order valence-electron chi connectivity index (χ2n) is 28.5. The van der Waals surface area contributed by atoms with E-state index in [0.717, 1.165) is 48.5 Å². The van der Waals surface area contributed by atoms with E-state index in [1.54, 1.807) is 0 Å². The predicted octanol–water partition coefficient (Wildman–Crippen LogP) is -14.7. The van der Waals surface area contributed by atoms with Crippen molar-refractivity contribution in [1.29, 1.82) is 0 Å². The predicted molar refractivity (Wildman–Crippen MR) is 362 cm³/mol. The molecule has 113 heavy (non-hydrogen) atoms. The Morgan fingerprint density at radius 3 is 1.10 bits per heavy atom. The summed E-state index contributed by atoms with van der Waals surface area (Å²) in [5, 5.41) is 166. The fraction of sp³-hybridized carbons (Fsp3) is 0.844. The van der Waals surface area contributed by atoms with Gasteiger partial charge in [-0.05, 0) is 27.9 Å². The Labute approximate surface area is 643 Å². The average molecular weight is 1640 g/mol. The highest BCUT2D eigenvalue weighted by Crippen LogP contribution is 2.38. The molecule has 49 nitrogen and oxygen atoms in total. The van der Waals surface area contributed by atoms with Crippen LogP contribution in [0.2, 0.25) is 0 Å². The van der Waals surface area contributed by atoms with Crippen molar-refractivity contribution in [3.63, 3.8) is 0 Å². The summed E-state index contributed by atoms with van der Waals surface area (Å²) in [5.41, 5.74) is 12.3. The molecule has 0 unspecified atom stereocenters. The molecule has 0 aromatic rings. The van der Waals surface area contributed by atoms with Crippen molar-refractivity contribution in [2.75, 3.05) is 33.9 Å². The molecule has 0 aliphatic carbocycles. The van der Waals surface area contributed by atoms with E-state index in [1.165, 1.54) is 27.9 Å². The van der Waals surface area contributed by atoms with E-state index in [2.05, 4.69) is 47.9 Å². The maximum atomic E-state index is 13.8. The van der Waals surface area contributed by atoms with Crippen LogP contribution in [-0.2, 0) is 119 Å². The number of aliphatic hydroxyl groups excluding tert-OH is 10. The van der Waals surface area contributed by atoms with Gasteiger partial charge in [0.25, 0.3) is 0 Å². The number of carboxylic acid groups (broad SMARTS) is 3. The van der Waals surface area contributed by atoms with Gasteiger partial charge in [0, 0.05) is 48.5 Å². The fourth-order valence-electron chi connectivity index (χ4n) is 14.8. The lowest BCUT2D eigenvalue weighted by Gasteiger charge is -2.51. The molecule has 8 fully saturated rings. The molecular formula is C64H105N11O38. The molecule has 8 saturated heterocycles. The first kappa shape index (κ1) is 92.1. The molecule has 8 rings (SSSR count). The summed E-state index contributed by atoms with van der Waals surface area (Å²) in [6.45, 7) is 7.81. The normalized spacial score (nSPS) is 44.1. The zero-order chi connectivity index (χ0) is 84.0. The summed E-state index contributed by atoms with van der Waals surface area (Å²) in [7, 11) is 2.89. The number of hydrogen-bond acceptors (Lipinski definition) is 39. The molecule has 7 amide bonds. The zero-order valence-electron chi connectivity index (χ0n) is 62.9. The number of carbonyl (C=O) groups is 10. The van der Waals surface area contributed by atoms with E-state index in [-0.39, 0.29) is 0 Å². The first-order valence-electron chi connectivity index (χ1n) is 36.0. The van der Waals surface area contributed by atoms with Crippen molar-refractivity contribution >= 4 is 59.3 Å². The largest absolute Gasteiger partial charge is 0.479 e. The van der Waals surface area contributed by atoms with Crippen LogP contribution < -0.4 is 59.3 Å². The Morgan fingerprint density at radius 2 is 0.637 bits per heavy atom. The number of nitrogens with two attached hydrogens (primary N) is 2. The maximum Gasteiger partial charge on any atom is 0.335 e. The van der Waals surface area contributed by atoms with Gasteiger partial charge in [0.05, 0.1) is 68.3 Å². The first-order chi connectivity index (χ1) is 53.0. The number of rotatable bonds is 29. The second-order valence-corrected chi connectivity index (χ2v) is 28.5. The van der Waals surface area contributed by atoms with Gasteiger partial charge < -0.3 is 197 Å². The van der Waals surface area contributed by atoms with Gasteiger partial charge in [-0.2, -0.15) is 0 Å². The van der Waals surface area contributed by atoms with Crippen LogP contribution in [0.5, 0.6) is 0 Å². The molecule has 0 saturated carbocycles. The number of carbonyl (C=O) groups excluding carboxylic acids is 7. The molecule has 40 atom stereocenters. The Bertz CT molecular complexity index is 3290. The Hall–Kier alpha value is -6.46. The van der Waals surface area contributed by atoms with Crippen LogP contribution in [0.15, 0.2) is 0 Å². The van der Waals surface area contributed by atoms with Crippen LogP contribution in [0.4, 0.5) is 0 Å². The summed E-state index contributed by atoms with van der Waals surface area (Å²) in [4.78, 5) is 130. The van der Waals surface area contributed by atoms with Gasteiger partial charge in [-0.25, -0.2) is 14.4 Å². The minimum atomic E-state index is -2.36. The molecular weight excluding hydrogens is 1530 g/mol. The van der Waals surface area contributed by atoms with Crippen molar-refractivity contribution in [3.05, 3.63) is 0 Å². The number of aliphatic hydroxyl groups is 10. The number of ether oxygens (including phenoxy) is 15. The van der Waals surface area contributed by atoms with Crippen molar-refractivity contribution in [2.45, 2.75) is 307 Å². The smallest absolute Gasteiger partial charge is 0.335 e. The standard InChI is InChI=1S/C64H105N11O38/c1-15-29(67-10)48(108-62-33(71-19(5)78)31(69-17(3)76)43(88)51(112-62)54(92)93)36(74-22(8)81)61(103-15)101-13-25-39(84)42(87)35(73-21(7)80)64(106-25)110-50-32(70-18(4)77)34(72-20(6)79)63(113-53(50)56(96)97)109-49-30(68-11)16(2)102-60(37(49)75-23(9)82)100-12-24-38(83)40(85)28(66)59(105-24)107-47-26(104-57(98)46(91)45(47)90)14-99-58-27(65)41(86)44(89)52(111-58)55(94)95/h15-16,24-53,57-64,67-68,83-91,98H,12-14,65-66H2,1-11H3,(H,69,76)(H,70,77)(H,71,78)(H,72,79)(H,73,80)(H,74,81)(H,75,82)(H,92,93)(H,94,95)(H,96,97)/t15-,16-,24-,25-,26-,27-,28-,29+,30+,31-,32-,33+,34+,35-,36-,37-,38-,39-,40-,41-,42-,43+,44-,45-,46-,47-,48+,49+,50+,51+,52+,53+,57+,58+,59-,60-,61-,62-,63-,64-/m1/s1. The topological polar surface area (TPSA) is 732 Å². The van der Waals surface area contributed by atoms with E-state index < -0.39 is 324 Å². The summed E-state index contributed by atoms with van der Waals surface area (Å²) < 4.78 is 91.2. The van der Waals surface area contributed by atoms with Gasteiger partial charge in [-0.3, -0.25) is 33.6 Å². The average Bonchev–Trinajstić information content (AvgIpc) is 0.758. The van der Waals surface area contributed by atoms with E-state index in [9.17, 15) is 114 Å². The monoisotopic (exact) mass is 1640 g/mol. The summed E-state index contributed by atoms with van der Waals surface area (Å²) in [5.74, 6) is -11.0. The Kier molecular flexibility index (Phi) is 32.3. The maximum absolute atomic E-state index is 13.8. The lowest BCUT2D eigenvalue weighted by Crippen LogP contribution is -2.74. The number of likely N-dealkylation sites (N-methyl/N-ethyl adjacent to an activating group) is 2. The molecule has 0 aromatic heterocycles. The highest BCUT2D eigenvalue weighted by atomic mass is 16.8. The molecule has 26 N–H and O–H groups in total. The lowest BCUT2D eigenvalue weighted by molar-refractivity contribution is -0.351. The van der Waals surface area contributed by atoms with Gasteiger partial charge in [0.1, 0.15) is 128 Å². The molecule has 8 heterocycles. The Balaban J connectivity index is 1.05. The van der Waals surface area contributed by atoms with Crippen LogP contribution in [-0.4, -0.2) is 405 Å². The highest BCUT2D eigenvalue weighted by molar-refractivity contribution is 5.79. The van der Waals surface area contributed by atoms with Crippen LogP contribution in [0.3, 0.4) is 0 Å². The van der Waals surface area contributed by atoms with Crippen LogP contribution in [0.1, 0.15) is 62.3 Å². The van der Waals surface area contributed by atoms with E-state index in [4.69, 9.17) is 82.5 Å². The number of amides is 7. The molecule has 49 heteroatoms. The van der Waals surface area contributed by atoms with E-state index in [1.807, 2.05) is 0 Å². The van der Waals surface area contributed by atoms with Crippen LogP contribution >= 0.6 is 0 Å². The summed E-state index contributed by atoms with van der Waals surface area (Å²) in [6, 6.07) is -17.0. The second kappa shape index (κ2) is 39.7.